The van der Waals surface area contributed by atoms with E-state index in [1.165, 1.54) is 25.7 Å². The zero-order chi connectivity index (χ0) is 10.6. The minimum atomic E-state index is -0.563. The van der Waals surface area contributed by atoms with Gasteiger partial charge < -0.3 is 5.11 Å². The molecule has 1 aromatic heterocycles. The maximum atomic E-state index is 10.7. The normalized spacial score (nSPS) is 38.9. The number of rotatable bonds is 1. The van der Waals surface area contributed by atoms with Gasteiger partial charge in [0.05, 0.1) is 9.90 Å². The molecule has 3 rings (SSSR count). The van der Waals surface area contributed by atoms with Crippen molar-refractivity contribution < 1.29 is 5.11 Å². The van der Waals surface area contributed by atoms with Gasteiger partial charge in [0.25, 0.3) is 0 Å². The highest BCUT2D eigenvalue weighted by Gasteiger charge is 2.66. The fourth-order valence-electron chi connectivity index (χ4n) is 3.13. The second-order valence-corrected chi connectivity index (χ2v) is 6.14. The Balaban J connectivity index is 1.98. The van der Waals surface area contributed by atoms with Gasteiger partial charge >= 0.3 is 0 Å². The lowest BCUT2D eigenvalue weighted by Gasteiger charge is -2.08. The highest BCUT2D eigenvalue weighted by atomic mass is 35.5. The third-order valence-corrected chi connectivity index (χ3v) is 5.89. The molecule has 2 saturated carbocycles. The molecule has 2 fully saturated rings. The summed E-state index contributed by atoms with van der Waals surface area (Å²) in [5, 5.41) is 13.5. The van der Waals surface area contributed by atoms with Crippen molar-refractivity contribution in [3.63, 3.8) is 0 Å². The Morgan fingerprint density at radius 2 is 2.00 bits per heavy atom. The molecule has 0 radical (unpaired) electrons. The van der Waals surface area contributed by atoms with E-state index in [1.54, 1.807) is 11.3 Å². The van der Waals surface area contributed by atoms with Crippen molar-refractivity contribution in [2.45, 2.75) is 38.2 Å². The number of hydrogen-bond acceptors (Lipinski definition) is 2. The van der Waals surface area contributed by atoms with E-state index < -0.39 is 5.60 Å². The minimum Gasteiger partial charge on any atom is -0.384 e. The summed E-state index contributed by atoms with van der Waals surface area (Å²) in [6.07, 6.45) is 4.89. The van der Waals surface area contributed by atoms with Crippen LogP contribution in [-0.2, 0) is 5.60 Å². The van der Waals surface area contributed by atoms with Gasteiger partial charge in [-0.3, -0.25) is 0 Å². The number of halogens is 1. The number of aliphatic hydroxyl groups is 1. The Morgan fingerprint density at radius 1 is 1.40 bits per heavy atom. The maximum Gasteiger partial charge on any atom is 0.107 e. The first-order valence-electron chi connectivity index (χ1n) is 5.62. The molecule has 15 heavy (non-hydrogen) atoms. The molecule has 0 bridgehead atoms. The van der Waals surface area contributed by atoms with E-state index in [2.05, 4.69) is 5.38 Å². The average Bonchev–Trinajstić information content (AvgIpc) is 2.71. The van der Waals surface area contributed by atoms with Crippen LogP contribution in [0.4, 0.5) is 0 Å². The fraction of sp³-hybridized carbons (Fsp3) is 0.667. The monoisotopic (exact) mass is 242 g/mol. The van der Waals surface area contributed by atoms with Crippen LogP contribution in [0.2, 0.25) is 5.02 Å². The molecule has 2 aliphatic rings. The standard InChI is InChI=1S/C12H15ClOS/c1-7-6-15-11(10(7)13)12(14)8-4-2-3-5-9(8)12/h6,8-9,14H,2-5H2,1H3. The summed E-state index contributed by atoms with van der Waals surface area (Å²) in [5.74, 6) is 0.976. The third kappa shape index (κ3) is 1.25. The van der Waals surface area contributed by atoms with E-state index in [0.29, 0.717) is 11.8 Å². The largest absolute Gasteiger partial charge is 0.384 e. The number of fused-ring (bicyclic) bond motifs is 1. The first-order chi connectivity index (χ1) is 7.15. The summed E-state index contributed by atoms with van der Waals surface area (Å²) in [7, 11) is 0. The molecule has 1 heterocycles. The topological polar surface area (TPSA) is 20.2 Å². The summed E-state index contributed by atoms with van der Waals surface area (Å²) in [6.45, 7) is 2.01. The molecule has 1 N–H and O–H groups in total. The van der Waals surface area contributed by atoms with E-state index in [9.17, 15) is 5.11 Å². The lowest BCUT2D eigenvalue weighted by Crippen LogP contribution is -2.08. The van der Waals surface area contributed by atoms with Crippen molar-refractivity contribution >= 4 is 22.9 Å². The van der Waals surface area contributed by atoms with Crippen molar-refractivity contribution in [3.8, 4) is 0 Å². The fourth-order valence-corrected chi connectivity index (χ4v) is 4.70. The molecule has 1 nitrogen and oxygen atoms in total. The molecule has 0 saturated heterocycles. The molecular formula is C12H15ClOS. The Kier molecular flexibility index (Phi) is 2.17. The summed E-state index contributed by atoms with van der Waals surface area (Å²) in [4.78, 5) is 1.03. The van der Waals surface area contributed by atoms with Crippen LogP contribution in [-0.4, -0.2) is 5.11 Å². The zero-order valence-corrected chi connectivity index (χ0v) is 10.4. The molecule has 0 aliphatic heterocycles. The second kappa shape index (κ2) is 3.22. The SMILES string of the molecule is Cc1csc(C2(O)C3CCCCC32)c1Cl. The molecule has 2 aliphatic carbocycles. The van der Waals surface area contributed by atoms with Gasteiger partial charge in [-0.1, -0.05) is 24.4 Å². The molecule has 1 aromatic rings. The van der Waals surface area contributed by atoms with Gasteiger partial charge in [0, 0.05) is 0 Å². The smallest absolute Gasteiger partial charge is 0.107 e. The lowest BCUT2D eigenvalue weighted by molar-refractivity contribution is 0.122. The van der Waals surface area contributed by atoms with Crippen molar-refractivity contribution in [1.82, 2.24) is 0 Å². The lowest BCUT2D eigenvalue weighted by atomic mass is 10.0. The Bertz CT molecular complexity index is 386. The number of hydrogen-bond donors (Lipinski definition) is 1. The Hall–Kier alpha value is -0.0500. The number of aryl methyl sites for hydroxylation is 1. The van der Waals surface area contributed by atoms with Gasteiger partial charge in [0.2, 0.25) is 0 Å². The van der Waals surface area contributed by atoms with Gasteiger partial charge in [-0.15, -0.1) is 11.3 Å². The van der Waals surface area contributed by atoms with E-state index in [1.807, 2.05) is 6.92 Å². The van der Waals surface area contributed by atoms with E-state index in [0.717, 1.165) is 15.5 Å². The van der Waals surface area contributed by atoms with Gasteiger partial charge in [-0.25, -0.2) is 0 Å². The highest BCUT2D eigenvalue weighted by molar-refractivity contribution is 7.11. The molecule has 2 atom stereocenters. The van der Waals surface area contributed by atoms with Crippen molar-refractivity contribution in [1.29, 1.82) is 0 Å². The molecule has 0 amide bonds. The van der Waals surface area contributed by atoms with Gasteiger partial charge in [0.15, 0.2) is 0 Å². The Morgan fingerprint density at radius 3 is 2.47 bits per heavy atom. The molecule has 82 valence electrons. The minimum absolute atomic E-state index is 0.488. The summed E-state index contributed by atoms with van der Waals surface area (Å²) in [6, 6.07) is 0. The van der Waals surface area contributed by atoms with Crippen LogP contribution in [0.25, 0.3) is 0 Å². The maximum absolute atomic E-state index is 10.7. The van der Waals surface area contributed by atoms with Crippen LogP contribution in [0, 0.1) is 18.8 Å². The van der Waals surface area contributed by atoms with Crippen LogP contribution in [0.1, 0.15) is 36.1 Å². The van der Waals surface area contributed by atoms with E-state index in [4.69, 9.17) is 11.6 Å². The summed E-state index contributed by atoms with van der Waals surface area (Å²) >= 11 is 7.88. The zero-order valence-electron chi connectivity index (χ0n) is 8.79. The van der Waals surface area contributed by atoms with Crippen LogP contribution in [0.3, 0.4) is 0 Å². The molecule has 2 unspecified atom stereocenters. The summed E-state index contributed by atoms with van der Waals surface area (Å²) < 4.78 is 0. The number of thiophene rings is 1. The van der Waals surface area contributed by atoms with Crippen molar-refractivity contribution in [2.24, 2.45) is 11.8 Å². The van der Waals surface area contributed by atoms with Crippen molar-refractivity contribution in [2.75, 3.05) is 0 Å². The molecular weight excluding hydrogens is 228 g/mol. The van der Waals surface area contributed by atoms with E-state index >= 15 is 0 Å². The predicted molar refractivity (Wildman–Crippen MR) is 63.4 cm³/mol. The van der Waals surface area contributed by atoms with Crippen LogP contribution in [0.5, 0.6) is 0 Å². The molecule has 0 spiro atoms. The highest BCUT2D eigenvalue weighted by Crippen LogP contribution is 2.66. The first kappa shape index (κ1) is 10.1. The quantitative estimate of drug-likeness (QED) is 0.796. The Labute approximate surface area is 99.1 Å². The summed E-state index contributed by atoms with van der Waals surface area (Å²) in [5.41, 5.74) is 0.542. The third-order valence-electron chi connectivity index (χ3n) is 4.05. The van der Waals surface area contributed by atoms with Gasteiger partial charge in [-0.2, -0.15) is 0 Å². The predicted octanol–water partition coefficient (Wildman–Crippen LogP) is 3.72. The van der Waals surface area contributed by atoms with Gasteiger partial charge in [-0.05, 0) is 42.5 Å². The molecule has 3 heteroatoms. The van der Waals surface area contributed by atoms with Crippen molar-refractivity contribution in [3.05, 3.63) is 20.8 Å². The molecule has 0 aromatic carbocycles. The average molecular weight is 243 g/mol. The first-order valence-corrected chi connectivity index (χ1v) is 6.88. The second-order valence-electron chi connectivity index (χ2n) is 4.88. The van der Waals surface area contributed by atoms with E-state index in [-0.39, 0.29) is 0 Å². The van der Waals surface area contributed by atoms with Crippen LogP contribution < -0.4 is 0 Å². The van der Waals surface area contributed by atoms with Gasteiger partial charge in [0.1, 0.15) is 5.60 Å². The van der Waals surface area contributed by atoms with Crippen LogP contribution >= 0.6 is 22.9 Å². The van der Waals surface area contributed by atoms with Crippen LogP contribution in [0.15, 0.2) is 5.38 Å².